The fraction of sp³-hybridized carbons (Fsp3) is 0.0667. The number of hydroxylamine groups is 1. The monoisotopic (exact) mass is 301 g/mol. The number of hydrogen-bond donors (Lipinski definition) is 3. The number of anilines is 1. The fourth-order valence-electron chi connectivity index (χ4n) is 1.63. The third-order valence-electron chi connectivity index (χ3n) is 2.47. The van der Waals surface area contributed by atoms with E-state index in [1.54, 1.807) is 24.3 Å². The van der Waals surface area contributed by atoms with Crippen LogP contribution in [0.1, 0.15) is 0 Å². The van der Waals surface area contributed by atoms with Crippen LogP contribution < -0.4 is 21.3 Å². The van der Waals surface area contributed by atoms with E-state index in [2.05, 4.69) is 10.2 Å². The number of carbonyl (C=O) groups is 2. The number of primary amides is 1. The molecule has 3 amide bonds. The van der Waals surface area contributed by atoms with Gasteiger partial charge in [0.15, 0.2) is 6.61 Å². The average Bonchev–Trinajstić information content (AvgIpc) is 2.48. The van der Waals surface area contributed by atoms with Gasteiger partial charge in [-0.25, -0.2) is 10.3 Å². The van der Waals surface area contributed by atoms with Crippen molar-refractivity contribution in [3.63, 3.8) is 0 Å². The van der Waals surface area contributed by atoms with Gasteiger partial charge in [-0.2, -0.15) is 0 Å². The molecule has 7 heteroatoms. The molecule has 0 aromatic heterocycles. The molecule has 22 heavy (non-hydrogen) atoms. The lowest BCUT2D eigenvalue weighted by Crippen LogP contribution is -2.32. The molecule has 0 aliphatic carbocycles. The van der Waals surface area contributed by atoms with Gasteiger partial charge in [0.2, 0.25) is 0 Å². The van der Waals surface area contributed by atoms with Gasteiger partial charge < -0.3 is 15.8 Å². The SMILES string of the molecule is NC(=O)NOCC(=O)Nc1cccc(Oc2ccccc2)c1. The van der Waals surface area contributed by atoms with Crippen LogP contribution >= 0.6 is 0 Å². The number of urea groups is 1. The van der Waals surface area contributed by atoms with Crippen molar-refractivity contribution >= 4 is 17.6 Å². The first-order valence-electron chi connectivity index (χ1n) is 6.43. The van der Waals surface area contributed by atoms with Gasteiger partial charge in [-0.1, -0.05) is 24.3 Å². The molecule has 2 rings (SSSR count). The van der Waals surface area contributed by atoms with Crippen molar-refractivity contribution in [2.75, 3.05) is 11.9 Å². The Balaban J connectivity index is 1.91. The van der Waals surface area contributed by atoms with E-state index in [1.165, 1.54) is 0 Å². The lowest BCUT2D eigenvalue weighted by molar-refractivity contribution is -0.122. The predicted octanol–water partition coefficient (Wildman–Crippen LogP) is 2.02. The Labute approximate surface area is 127 Å². The minimum atomic E-state index is -0.869. The smallest absolute Gasteiger partial charge is 0.336 e. The molecule has 0 aliphatic heterocycles. The molecular formula is C15H15N3O4. The Morgan fingerprint density at radius 3 is 2.45 bits per heavy atom. The van der Waals surface area contributed by atoms with E-state index in [1.807, 2.05) is 35.8 Å². The van der Waals surface area contributed by atoms with E-state index in [9.17, 15) is 9.59 Å². The van der Waals surface area contributed by atoms with Gasteiger partial charge in [-0.3, -0.25) is 9.63 Å². The van der Waals surface area contributed by atoms with Crippen molar-refractivity contribution in [3.8, 4) is 11.5 Å². The number of benzene rings is 2. The van der Waals surface area contributed by atoms with Crippen molar-refractivity contribution in [3.05, 3.63) is 54.6 Å². The molecule has 4 N–H and O–H groups in total. The predicted molar refractivity (Wildman–Crippen MR) is 80.3 cm³/mol. The first-order chi connectivity index (χ1) is 10.6. The second kappa shape index (κ2) is 7.65. The molecule has 0 unspecified atom stereocenters. The number of carbonyl (C=O) groups excluding carboxylic acids is 2. The molecule has 0 saturated carbocycles. The maximum Gasteiger partial charge on any atom is 0.336 e. The van der Waals surface area contributed by atoms with E-state index < -0.39 is 11.9 Å². The zero-order valence-electron chi connectivity index (χ0n) is 11.6. The summed E-state index contributed by atoms with van der Waals surface area (Å²) in [5.41, 5.74) is 7.20. The zero-order valence-corrected chi connectivity index (χ0v) is 11.6. The lowest BCUT2D eigenvalue weighted by Gasteiger charge is -2.09. The molecule has 2 aromatic carbocycles. The fourth-order valence-corrected chi connectivity index (χ4v) is 1.63. The molecule has 0 heterocycles. The summed E-state index contributed by atoms with van der Waals surface area (Å²) in [6.45, 7) is -0.354. The Hall–Kier alpha value is -3.06. The first-order valence-corrected chi connectivity index (χ1v) is 6.43. The highest BCUT2D eigenvalue weighted by Crippen LogP contribution is 2.23. The highest BCUT2D eigenvalue weighted by Gasteiger charge is 2.05. The summed E-state index contributed by atoms with van der Waals surface area (Å²) in [6, 6.07) is 15.3. The summed E-state index contributed by atoms with van der Waals surface area (Å²) in [5, 5.41) is 2.61. The summed E-state index contributed by atoms with van der Waals surface area (Å²) >= 11 is 0. The molecule has 0 aliphatic rings. The quantitative estimate of drug-likeness (QED) is 0.710. The van der Waals surface area contributed by atoms with Gasteiger partial charge in [0, 0.05) is 11.8 Å². The number of ether oxygens (including phenoxy) is 1. The minimum absolute atomic E-state index is 0.354. The zero-order chi connectivity index (χ0) is 15.8. The van der Waals surface area contributed by atoms with Crippen LogP contribution in [-0.4, -0.2) is 18.5 Å². The number of para-hydroxylation sites is 1. The minimum Gasteiger partial charge on any atom is -0.457 e. The van der Waals surface area contributed by atoms with Crippen molar-refractivity contribution < 1.29 is 19.2 Å². The molecule has 0 radical (unpaired) electrons. The normalized spacial score (nSPS) is 9.82. The van der Waals surface area contributed by atoms with Crippen LogP contribution in [0.15, 0.2) is 54.6 Å². The van der Waals surface area contributed by atoms with Crippen LogP contribution in [0.4, 0.5) is 10.5 Å². The average molecular weight is 301 g/mol. The summed E-state index contributed by atoms with van der Waals surface area (Å²) < 4.78 is 5.66. The third kappa shape index (κ3) is 5.14. The number of nitrogens with two attached hydrogens (primary N) is 1. The van der Waals surface area contributed by atoms with Crippen LogP contribution in [0, 0.1) is 0 Å². The van der Waals surface area contributed by atoms with Crippen LogP contribution in [-0.2, 0) is 9.63 Å². The van der Waals surface area contributed by atoms with Gasteiger partial charge in [0.05, 0.1) is 0 Å². The standard InChI is InChI=1S/C15H15N3O4/c16-15(20)18-21-10-14(19)17-11-5-4-8-13(9-11)22-12-6-2-1-3-7-12/h1-9H,10H2,(H,17,19)(H3,16,18,20). The third-order valence-corrected chi connectivity index (χ3v) is 2.47. The molecule has 0 spiro atoms. The van der Waals surface area contributed by atoms with Gasteiger partial charge >= 0.3 is 6.03 Å². The highest BCUT2D eigenvalue weighted by molar-refractivity contribution is 5.91. The number of hydrogen-bond acceptors (Lipinski definition) is 4. The second-order valence-electron chi connectivity index (χ2n) is 4.25. The van der Waals surface area contributed by atoms with Crippen LogP contribution in [0.5, 0.6) is 11.5 Å². The second-order valence-corrected chi connectivity index (χ2v) is 4.25. The summed E-state index contributed by atoms with van der Waals surface area (Å²) in [4.78, 5) is 26.6. The molecule has 7 nitrogen and oxygen atoms in total. The maximum absolute atomic E-state index is 11.6. The van der Waals surface area contributed by atoms with Crippen molar-refractivity contribution in [1.29, 1.82) is 0 Å². The summed E-state index contributed by atoms with van der Waals surface area (Å²) in [5.74, 6) is 0.839. The number of rotatable bonds is 6. The number of nitrogens with one attached hydrogen (secondary N) is 2. The van der Waals surface area contributed by atoms with Gasteiger partial charge in [0.1, 0.15) is 11.5 Å². The summed E-state index contributed by atoms with van der Waals surface area (Å²) in [7, 11) is 0. The molecule has 0 saturated heterocycles. The lowest BCUT2D eigenvalue weighted by atomic mass is 10.3. The van der Waals surface area contributed by atoms with Crippen molar-refractivity contribution in [2.24, 2.45) is 5.73 Å². The Morgan fingerprint density at radius 1 is 1.00 bits per heavy atom. The molecule has 0 atom stereocenters. The number of amides is 3. The van der Waals surface area contributed by atoms with Gasteiger partial charge in [-0.15, -0.1) is 0 Å². The molecule has 114 valence electrons. The molecule has 0 fully saturated rings. The van der Waals surface area contributed by atoms with Gasteiger partial charge in [-0.05, 0) is 24.3 Å². The molecular weight excluding hydrogens is 286 g/mol. The van der Waals surface area contributed by atoms with Gasteiger partial charge in [0.25, 0.3) is 5.91 Å². The van der Waals surface area contributed by atoms with E-state index >= 15 is 0 Å². The first kappa shape index (κ1) is 15.3. The van der Waals surface area contributed by atoms with E-state index in [4.69, 9.17) is 10.5 Å². The maximum atomic E-state index is 11.6. The van der Waals surface area contributed by atoms with E-state index in [0.29, 0.717) is 17.2 Å². The van der Waals surface area contributed by atoms with Crippen LogP contribution in [0.3, 0.4) is 0 Å². The van der Waals surface area contributed by atoms with E-state index in [0.717, 1.165) is 0 Å². The van der Waals surface area contributed by atoms with Crippen LogP contribution in [0.25, 0.3) is 0 Å². The Kier molecular flexibility index (Phi) is 5.33. The topological polar surface area (TPSA) is 103 Å². The largest absolute Gasteiger partial charge is 0.457 e. The molecule has 2 aromatic rings. The van der Waals surface area contributed by atoms with Crippen LogP contribution in [0.2, 0.25) is 0 Å². The van der Waals surface area contributed by atoms with E-state index in [-0.39, 0.29) is 6.61 Å². The Bertz CT molecular complexity index is 646. The highest BCUT2D eigenvalue weighted by atomic mass is 16.7. The van der Waals surface area contributed by atoms with Crippen molar-refractivity contribution in [1.82, 2.24) is 5.48 Å². The van der Waals surface area contributed by atoms with Crippen molar-refractivity contribution in [2.45, 2.75) is 0 Å². The molecule has 0 bridgehead atoms. The Morgan fingerprint density at radius 2 is 1.73 bits per heavy atom. The summed E-state index contributed by atoms with van der Waals surface area (Å²) in [6.07, 6.45) is 0.